The lowest BCUT2D eigenvalue weighted by Crippen LogP contribution is -2.45. The molecule has 0 aliphatic carbocycles. The van der Waals surface area contributed by atoms with Gasteiger partial charge < -0.3 is 15.8 Å². The minimum Gasteiger partial charge on any atom is -0.487 e. The van der Waals surface area contributed by atoms with Crippen molar-refractivity contribution >= 4 is 39.8 Å². The zero-order chi connectivity index (χ0) is 17.5. The number of nitrogens with two attached hydrogens (primary N) is 1. The zero-order valence-electron chi connectivity index (χ0n) is 13.7. The molecule has 0 saturated carbocycles. The molecule has 0 aliphatic heterocycles. The van der Waals surface area contributed by atoms with Crippen molar-refractivity contribution in [3.05, 3.63) is 29.3 Å². The third kappa shape index (κ3) is 8.73. The summed E-state index contributed by atoms with van der Waals surface area (Å²) < 4.78 is 27.9. The molecule has 0 spiro atoms. The average molecular weight is 399 g/mol. The van der Waals surface area contributed by atoms with E-state index in [9.17, 15) is 13.2 Å². The molecule has 24 heavy (non-hydrogen) atoms. The number of ether oxygens (including phenoxy) is 1. The highest BCUT2D eigenvalue weighted by atomic mass is 35.5. The molecule has 1 rings (SSSR count). The number of para-hydroxylation sites is 1. The number of hydrogen-bond donors (Lipinski definition) is 2. The van der Waals surface area contributed by atoms with Crippen molar-refractivity contribution in [2.75, 3.05) is 18.6 Å². The predicted molar refractivity (Wildman–Crippen MR) is 98.7 cm³/mol. The number of carbonyl (C=O) groups excluding carboxylic acids is 1. The molecule has 0 heterocycles. The van der Waals surface area contributed by atoms with Gasteiger partial charge in [-0.3, -0.25) is 4.79 Å². The van der Waals surface area contributed by atoms with Gasteiger partial charge in [0.2, 0.25) is 5.91 Å². The molecule has 1 aromatic carbocycles. The second kappa shape index (κ2) is 10.8. The van der Waals surface area contributed by atoms with Crippen LogP contribution in [0.3, 0.4) is 0 Å². The van der Waals surface area contributed by atoms with Crippen LogP contribution >= 0.6 is 24.0 Å². The molecule has 2 unspecified atom stereocenters. The summed E-state index contributed by atoms with van der Waals surface area (Å²) in [6.45, 7) is 2.20. The molecule has 0 saturated heterocycles. The van der Waals surface area contributed by atoms with Crippen LogP contribution in [-0.4, -0.2) is 45.0 Å². The molecule has 9 heteroatoms. The number of benzene rings is 1. The topological polar surface area (TPSA) is 98.5 Å². The monoisotopic (exact) mass is 398 g/mol. The van der Waals surface area contributed by atoms with E-state index in [-0.39, 0.29) is 37.2 Å². The molecule has 1 amide bonds. The van der Waals surface area contributed by atoms with Crippen LogP contribution < -0.4 is 15.8 Å². The average Bonchev–Trinajstić information content (AvgIpc) is 2.49. The van der Waals surface area contributed by atoms with Gasteiger partial charge in [0.25, 0.3) is 0 Å². The molecule has 0 aliphatic rings. The highest BCUT2D eigenvalue weighted by Crippen LogP contribution is 2.24. The Balaban J connectivity index is 0.00000529. The first kappa shape index (κ1) is 23.0. The fraction of sp³-hybridized carbons (Fsp3) is 0.533. The Morgan fingerprint density at radius 2 is 2.00 bits per heavy atom. The Morgan fingerprint density at radius 1 is 1.38 bits per heavy atom. The minimum atomic E-state index is -3.13. The van der Waals surface area contributed by atoms with Gasteiger partial charge in [0.15, 0.2) is 0 Å². The number of sulfone groups is 1. The quantitative estimate of drug-likeness (QED) is 0.660. The van der Waals surface area contributed by atoms with Crippen LogP contribution in [-0.2, 0) is 14.6 Å². The summed E-state index contributed by atoms with van der Waals surface area (Å²) >= 11 is 6.03. The maximum absolute atomic E-state index is 11.9. The van der Waals surface area contributed by atoms with Crippen LogP contribution in [0.4, 0.5) is 0 Å². The van der Waals surface area contributed by atoms with Crippen LogP contribution in [0.1, 0.15) is 19.8 Å². The maximum atomic E-state index is 11.9. The first-order chi connectivity index (χ1) is 10.7. The summed E-state index contributed by atoms with van der Waals surface area (Å²) in [7, 11) is -3.13. The lowest BCUT2D eigenvalue weighted by atomic mass is 10.2. The van der Waals surface area contributed by atoms with Crippen LogP contribution in [0.25, 0.3) is 0 Å². The van der Waals surface area contributed by atoms with E-state index in [4.69, 9.17) is 22.1 Å². The Morgan fingerprint density at radius 3 is 2.54 bits per heavy atom. The lowest BCUT2D eigenvalue weighted by Gasteiger charge is -2.20. The molecule has 6 nitrogen and oxygen atoms in total. The van der Waals surface area contributed by atoms with E-state index in [0.717, 1.165) is 6.26 Å². The van der Waals surface area contributed by atoms with E-state index in [1.54, 1.807) is 18.2 Å². The first-order valence-corrected chi connectivity index (χ1v) is 9.79. The Bertz CT molecular complexity index is 626. The van der Waals surface area contributed by atoms with Gasteiger partial charge in [-0.15, -0.1) is 12.4 Å². The van der Waals surface area contributed by atoms with Gasteiger partial charge in [-0.2, -0.15) is 0 Å². The van der Waals surface area contributed by atoms with Crippen LogP contribution in [0.5, 0.6) is 5.75 Å². The highest BCUT2D eigenvalue weighted by Gasteiger charge is 2.18. The molecule has 2 atom stereocenters. The molecule has 0 aromatic heterocycles. The van der Waals surface area contributed by atoms with Crippen LogP contribution in [0, 0.1) is 0 Å². The highest BCUT2D eigenvalue weighted by molar-refractivity contribution is 7.90. The van der Waals surface area contributed by atoms with Gasteiger partial charge in [-0.05, 0) is 25.0 Å². The number of carbonyl (C=O) groups is 1. The number of nitrogens with one attached hydrogen (secondary N) is 1. The van der Waals surface area contributed by atoms with E-state index in [0.29, 0.717) is 17.2 Å². The summed E-state index contributed by atoms with van der Waals surface area (Å²) in [6, 6.07) is 6.24. The van der Waals surface area contributed by atoms with E-state index < -0.39 is 21.8 Å². The maximum Gasteiger partial charge on any atom is 0.237 e. The number of halogens is 2. The third-order valence-electron chi connectivity index (χ3n) is 3.23. The fourth-order valence-corrected chi connectivity index (χ4v) is 2.67. The second-order valence-electron chi connectivity index (χ2n) is 5.35. The Labute approximate surface area is 154 Å². The lowest BCUT2D eigenvalue weighted by molar-refractivity contribution is -0.122. The summed E-state index contributed by atoms with van der Waals surface area (Å²) in [6.07, 6.45) is 1.62. The SMILES string of the molecule is CCC(CNC(=O)C(N)CCS(C)(=O)=O)Oc1ccccc1Cl.Cl. The number of amides is 1. The van der Waals surface area contributed by atoms with Crippen molar-refractivity contribution in [2.24, 2.45) is 5.73 Å². The van der Waals surface area contributed by atoms with E-state index in [2.05, 4.69) is 5.32 Å². The Hall–Kier alpha value is -1.02. The second-order valence-corrected chi connectivity index (χ2v) is 8.02. The van der Waals surface area contributed by atoms with Crippen molar-refractivity contribution < 1.29 is 17.9 Å². The van der Waals surface area contributed by atoms with E-state index in [1.165, 1.54) is 0 Å². The van der Waals surface area contributed by atoms with Gasteiger partial charge in [0.1, 0.15) is 21.7 Å². The van der Waals surface area contributed by atoms with Gasteiger partial charge in [-0.1, -0.05) is 30.7 Å². The summed E-state index contributed by atoms with van der Waals surface area (Å²) in [5, 5.41) is 3.18. The smallest absolute Gasteiger partial charge is 0.237 e. The van der Waals surface area contributed by atoms with Crippen molar-refractivity contribution in [1.29, 1.82) is 0 Å². The van der Waals surface area contributed by atoms with Gasteiger partial charge >= 0.3 is 0 Å². The standard InChI is InChI=1S/C15H23ClN2O4S.ClH/c1-3-11(22-14-7-5-4-6-12(14)16)10-18-15(19)13(17)8-9-23(2,20)21;/h4-7,11,13H,3,8-10,17H2,1-2H3,(H,18,19);1H. The van der Waals surface area contributed by atoms with Crippen LogP contribution in [0.2, 0.25) is 5.02 Å². The molecule has 0 fully saturated rings. The molecular weight excluding hydrogens is 375 g/mol. The van der Waals surface area contributed by atoms with Gasteiger partial charge in [-0.25, -0.2) is 8.42 Å². The molecule has 1 aromatic rings. The van der Waals surface area contributed by atoms with E-state index >= 15 is 0 Å². The predicted octanol–water partition coefficient (Wildman–Crippen LogP) is 1.80. The zero-order valence-corrected chi connectivity index (χ0v) is 16.1. The van der Waals surface area contributed by atoms with Crippen molar-refractivity contribution in [1.82, 2.24) is 5.32 Å². The van der Waals surface area contributed by atoms with Crippen molar-refractivity contribution in [3.63, 3.8) is 0 Å². The molecule has 3 N–H and O–H groups in total. The van der Waals surface area contributed by atoms with Crippen molar-refractivity contribution in [3.8, 4) is 5.75 Å². The number of rotatable bonds is 9. The molecule has 0 bridgehead atoms. The summed E-state index contributed by atoms with van der Waals surface area (Å²) in [5.74, 6) is 0.0426. The Kier molecular flexibility index (Phi) is 10.3. The largest absolute Gasteiger partial charge is 0.487 e. The van der Waals surface area contributed by atoms with Crippen LogP contribution in [0.15, 0.2) is 24.3 Å². The van der Waals surface area contributed by atoms with Crippen molar-refractivity contribution in [2.45, 2.75) is 31.9 Å². The third-order valence-corrected chi connectivity index (χ3v) is 4.52. The first-order valence-electron chi connectivity index (χ1n) is 7.35. The summed E-state index contributed by atoms with van der Waals surface area (Å²) in [4.78, 5) is 11.9. The molecule has 138 valence electrons. The molecular formula is C15H24Cl2N2O4S. The van der Waals surface area contributed by atoms with E-state index in [1.807, 2.05) is 13.0 Å². The number of hydrogen-bond acceptors (Lipinski definition) is 5. The van der Waals surface area contributed by atoms with Gasteiger partial charge in [0.05, 0.1) is 23.4 Å². The minimum absolute atomic E-state index is 0. The van der Waals surface area contributed by atoms with Gasteiger partial charge in [0, 0.05) is 6.26 Å². The molecule has 0 radical (unpaired) electrons. The summed E-state index contributed by atoms with van der Waals surface area (Å²) in [5.41, 5.74) is 5.69. The normalized spacial score (nSPS) is 13.5. The fourth-order valence-electron chi connectivity index (χ4n) is 1.81.